The van der Waals surface area contributed by atoms with Gasteiger partial charge >= 0.3 is 0 Å². The van der Waals surface area contributed by atoms with Crippen molar-refractivity contribution in [2.45, 2.75) is 6.92 Å². The monoisotopic (exact) mass is 329 g/mol. The second-order valence-corrected chi connectivity index (χ2v) is 4.33. The van der Waals surface area contributed by atoms with Crippen molar-refractivity contribution < 1.29 is 0 Å². The van der Waals surface area contributed by atoms with E-state index in [4.69, 9.17) is 5.26 Å². The minimum Gasteiger partial charge on any atom is -0.193 e. The van der Waals surface area contributed by atoms with Crippen molar-refractivity contribution in [1.82, 2.24) is 0 Å². The van der Waals surface area contributed by atoms with E-state index >= 15 is 0 Å². The Morgan fingerprint density at radius 1 is 0.760 bits per heavy atom. The molecule has 0 aliphatic carbocycles. The zero-order valence-electron chi connectivity index (χ0n) is 15.0. The van der Waals surface area contributed by atoms with Crippen LogP contribution in [0.15, 0.2) is 111 Å². The molecule has 1 nitrogen and oxygen atoms in total. The first-order chi connectivity index (χ1) is 12.2. The van der Waals surface area contributed by atoms with Gasteiger partial charge in [-0.15, -0.1) is 0 Å². The molecule has 2 aromatic carbocycles. The molecule has 0 spiro atoms. The number of rotatable bonds is 3. The predicted molar refractivity (Wildman–Crippen MR) is 114 cm³/mol. The molecule has 0 unspecified atom stereocenters. The highest BCUT2D eigenvalue weighted by atomic mass is 14.2. The van der Waals surface area contributed by atoms with Crippen molar-refractivity contribution in [3.8, 4) is 6.07 Å². The van der Waals surface area contributed by atoms with Gasteiger partial charge < -0.3 is 0 Å². The third-order valence-corrected chi connectivity index (χ3v) is 2.45. The third kappa shape index (κ3) is 18.6. The zero-order valence-corrected chi connectivity index (χ0v) is 15.0. The van der Waals surface area contributed by atoms with Crippen LogP contribution in [0, 0.1) is 11.3 Å². The van der Waals surface area contributed by atoms with E-state index in [1.54, 1.807) is 18.2 Å². The molecule has 0 radical (unpaired) electrons. The van der Waals surface area contributed by atoms with Gasteiger partial charge in [-0.3, -0.25) is 0 Å². The summed E-state index contributed by atoms with van der Waals surface area (Å²) in [5, 5.41) is 7.51. The molecular formula is C24H27N. The zero-order chi connectivity index (χ0) is 19.2. The van der Waals surface area contributed by atoms with E-state index in [2.05, 4.69) is 44.5 Å². The van der Waals surface area contributed by atoms with E-state index in [0.717, 1.165) is 0 Å². The van der Waals surface area contributed by atoms with Crippen molar-refractivity contribution in [3.63, 3.8) is 0 Å². The van der Waals surface area contributed by atoms with Crippen LogP contribution in [-0.2, 0) is 0 Å². The smallest absolute Gasteiger partial charge is 0.0905 e. The van der Waals surface area contributed by atoms with Crippen LogP contribution in [0.3, 0.4) is 0 Å². The number of nitrogens with zero attached hydrogens (tertiary/aromatic N) is 1. The molecule has 0 saturated carbocycles. The van der Waals surface area contributed by atoms with Gasteiger partial charge in [-0.25, -0.2) is 0 Å². The van der Waals surface area contributed by atoms with Gasteiger partial charge in [0.25, 0.3) is 0 Å². The van der Waals surface area contributed by atoms with Gasteiger partial charge in [-0.05, 0) is 18.1 Å². The summed E-state index contributed by atoms with van der Waals surface area (Å²) in [5.41, 5.74) is 2.44. The molecule has 128 valence electrons. The summed E-state index contributed by atoms with van der Waals surface area (Å²) in [7, 11) is 0. The van der Waals surface area contributed by atoms with Gasteiger partial charge in [0.05, 0.1) is 6.07 Å². The normalized spacial score (nSPS) is 7.84. The summed E-state index contributed by atoms with van der Waals surface area (Å²) in [6.07, 6.45) is 10.4. The highest BCUT2D eigenvalue weighted by Gasteiger charge is 1.77. The summed E-state index contributed by atoms with van der Waals surface area (Å²) in [4.78, 5) is 0. The molecule has 0 atom stereocenters. The molecule has 0 aromatic heterocycles. The topological polar surface area (TPSA) is 23.8 Å². The van der Waals surface area contributed by atoms with Gasteiger partial charge in [0.15, 0.2) is 0 Å². The van der Waals surface area contributed by atoms with Crippen molar-refractivity contribution >= 4 is 12.2 Å². The molecule has 0 N–H and O–H groups in total. The Morgan fingerprint density at radius 2 is 1.16 bits per heavy atom. The fourth-order valence-corrected chi connectivity index (χ4v) is 1.35. The summed E-state index contributed by atoms with van der Waals surface area (Å²) < 4.78 is 0. The third-order valence-electron chi connectivity index (χ3n) is 2.45. The minimum absolute atomic E-state index is 1.17. The van der Waals surface area contributed by atoms with E-state index in [0.29, 0.717) is 0 Å². The first kappa shape index (κ1) is 23.9. The van der Waals surface area contributed by atoms with Crippen molar-refractivity contribution in [1.29, 1.82) is 5.26 Å². The molecule has 0 bridgehead atoms. The Kier molecular flexibility index (Phi) is 19.7. The van der Waals surface area contributed by atoms with Crippen LogP contribution >= 0.6 is 0 Å². The maximum atomic E-state index is 7.51. The van der Waals surface area contributed by atoms with Crippen LogP contribution in [0.5, 0.6) is 0 Å². The molecule has 0 fully saturated rings. The number of benzene rings is 2. The average Bonchev–Trinajstić information content (AvgIpc) is 2.70. The number of allylic oxidation sites excluding steroid dienone is 4. The SMILES string of the molecule is C=CC#N.C=CC=C.C=Cc1ccccc1.CC=Cc1ccccc1. The van der Waals surface area contributed by atoms with Gasteiger partial charge in [0.1, 0.15) is 0 Å². The second-order valence-electron chi connectivity index (χ2n) is 4.33. The van der Waals surface area contributed by atoms with Gasteiger partial charge in [-0.1, -0.05) is 117 Å². The molecule has 25 heavy (non-hydrogen) atoms. The quantitative estimate of drug-likeness (QED) is 0.435. The van der Waals surface area contributed by atoms with Crippen molar-refractivity contribution in [2.24, 2.45) is 0 Å². The Balaban J connectivity index is 0. The highest BCUT2D eigenvalue weighted by Crippen LogP contribution is 1.99. The lowest BCUT2D eigenvalue weighted by molar-refractivity contribution is 1.54. The Hall–Kier alpha value is -3.37. The van der Waals surface area contributed by atoms with E-state index in [1.165, 1.54) is 17.2 Å². The molecule has 2 rings (SSSR count). The lowest BCUT2D eigenvalue weighted by atomic mass is 10.2. The van der Waals surface area contributed by atoms with E-state index < -0.39 is 0 Å². The van der Waals surface area contributed by atoms with Crippen LogP contribution in [-0.4, -0.2) is 0 Å². The highest BCUT2D eigenvalue weighted by molar-refractivity contribution is 5.48. The molecule has 2 aromatic rings. The predicted octanol–water partition coefficient (Wildman–Crippen LogP) is 7.10. The first-order valence-corrected chi connectivity index (χ1v) is 7.79. The van der Waals surface area contributed by atoms with Crippen LogP contribution in [0.4, 0.5) is 0 Å². The van der Waals surface area contributed by atoms with Gasteiger partial charge in [0, 0.05) is 6.08 Å². The summed E-state index contributed by atoms with van der Waals surface area (Å²) in [6.45, 7) is 15.5. The summed E-state index contributed by atoms with van der Waals surface area (Å²) in [6, 6.07) is 22.0. The largest absolute Gasteiger partial charge is 0.193 e. The number of hydrogen-bond donors (Lipinski definition) is 0. The van der Waals surface area contributed by atoms with Crippen molar-refractivity contribution in [3.05, 3.63) is 122 Å². The van der Waals surface area contributed by atoms with Crippen LogP contribution in [0.25, 0.3) is 12.2 Å². The molecule has 0 heterocycles. The van der Waals surface area contributed by atoms with Crippen LogP contribution in [0.2, 0.25) is 0 Å². The Bertz CT molecular complexity index is 637. The molecule has 0 aliphatic heterocycles. The molecular weight excluding hydrogens is 302 g/mol. The van der Waals surface area contributed by atoms with Gasteiger partial charge in [0.2, 0.25) is 0 Å². The number of nitriles is 1. The molecule has 1 heteroatoms. The van der Waals surface area contributed by atoms with Crippen LogP contribution < -0.4 is 0 Å². The van der Waals surface area contributed by atoms with Crippen molar-refractivity contribution in [2.75, 3.05) is 0 Å². The lowest BCUT2D eigenvalue weighted by Gasteiger charge is -1.86. The van der Waals surface area contributed by atoms with E-state index in [1.807, 2.05) is 67.6 Å². The minimum atomic E-state index is 1.17. The van der Waals surface area contributed by atoms with Crippen LogP contribution in [0.1, 0.15) is 18.1 Å². The van der Waals surface area contributed by atoms with E-state index in [-0.39, 0.29) is 0 Å². The number of hydrogen-bond acceptors (Lipinski definition) is 1. The average molecular weight is 329 g/mol. The maximum Gasteiger partial charge on any atom is 0.0905 e. The fourth-order valence-electron chi connectivity index (χ4n) is 1.35. The second kappa shape index (κ2) is 20.6. The van der Waals surface area contributed by atoms with E-state index in [9.17, 15) is 0 Å². The van der Waals surface area contributed by atoms with Gasteiger partial charge in [-0.2, -0.15) is 5.26 Å². The summed E-state index contributed by atoms with van der Waals surface area (Å²) in [5.74, 6) is 0. The molecule has 0 amide bonds. The fraction of sp³-hybridized carbons (Fsp3) is 0.0417. The Morgan fingerprint density at radius 3 is 1.40 bits per heavy atom. The first-order valence-electron chi connectivity index (χ1n) is 7.79. The standard InChI is InChI=1S/C9H10.C8H8.C4H6.C3H3N/c1-2-6-9-7-4-3-5-8-9;1-2-8-6-4-3-5-7-8;1-3-4-2;1-2-3-4/h2-8H,1H3;2-7H,1H2;3-4H,1-2H2;2H,1H2. The summed E-state index contributed by atoms with van der Waals surface area (Å²) >= 11 is 0. The maximum absolute atomic E-state index is 7.51. The lowest BCUT2D eigenvalue weighted by Crippen LogP contribution is -1.65. The molecule has 0 saturated heterocycles. The molecule has 0 aliphatic rings. The Labute approximate surface area is 153 Å².